The maximum Gasteiger partial charge on any atom is 0.125 e. The monoisotopic (exact) mass is 230 g/mol. The molecule has 0 aliphatic heterocycles. The Balaban J connectivity index is 2.65. The van der Waals surface area contributed by atoms with Crippen LogP contribution in [0.15, 0.2) is 36.4 Å². The van der Waals surface area contributed by atoms with Gasteiger partial charge >= 0.3 is 0 Å². The molecular formula is C15H18O2. The maximum atomic E-state index is 10.2. The van der Waals surface area contributed by atoms with Crippen molar-refractivity contribution in [1.29, 1.82) is 0 Å². The SMILES string of the molecule is CCOc1ccc2ccccc2c1C(O)CC. The summed E-state index contributed by atoms with van der Waals surface area (Å²) in [7, 11) is 0. The molecule has 0 bridgehead atoms. The summed E-state index contributed by atoms with van der Waals surface area (Å²) in [6, 6.07) is 12.1. The Kier molecular flexibility index (Phi) is 3.64. The number of benzene rings is 2. The van der Waals surface area contributed by atoms with Gasteiger partial charge in [0.15, 0.2) is 0 Å². The smallest absolute Gasteiger partial charge is 0.125 e. The summed E-state index contributed by atoms with van der Waals surface area (Å²) >= 11 is 0. The van der Waals surface area contributed by atoms with Gasteiger partial charge in [0.05, 0.1) is 12.7 Å². The third-order valence-electron chi connectivity index (χ3n) is 2.95. The van der Waals surface area contributed by atoms with E-state index in [1.54, 1.807) is 0 Å². The lowest BCUT2D eigenvalue weighted by Gasteiger charge is -2.17. The highest BCUT2D eigenvalue weighted by molar-refractivity contribution is 5.88. The van der Waals surface area contributed by atoms with Gasteiger partial charge in [-0.05, 0) is 30.2 Å². The third-order valence-corrected chi connectivity index (χ3v) is 2.95. The molecular weight excluding hydrogens is 212 g/mol. The van der Waals surface area contributed by atoms with Crippen molar-refractivity contribution in [3.05, 3.63) is 42.0 Å². The van der Waals surface area contributed by atoms with Crippen LogP contribution in [0.2, 0.25) is 0 Å². The van der Waals surface area contributed by atoms with E-state index in [9.17, 15) is 5.11 Å². The lowest BCUT2D eigenvalue weighted by atomic mass is 9.98. The minimum Gasteiger partial charge on any atom is -0.493 e. The van der Waals surface area contributed by atoms with Crippen molar-refractivity contribution < 1.29 is 9.84 Å². The number of hydrogen-bond donors (Lipinski definition) is 1. The molecule has 2 aromatic rings. The molecule has 2 aromatic carbocycles. The van der Waals surface area contributed by atoms with Crippen LogP contribution in [0.3, 0.4) is 0 Å². The normalized spacial score (nSPS) is 12.6. The molecule has 2 heteroatoms. The van der Waals surface area contributed by atoms with Crippen molar-refractivity contribution in [2.75, 3.05) is 6.61 Å². The van der Waals surface area contributed by atoms with Gasteiger partial charge in [-0.2, -0.15) is 0 Å². The Morgan fingerprint density at radius 2 is 1.88 bits per heavy atom. The molecule has 17 heavy (non-hydrogen) atoms. The fraction of sp³-hybridized carbons (Fsp3) is 0.333. The number of ether oxygens (including phenoxy) is 1. The maximum absolute atomic E-state index is 10.2. The van der Waals surface area contributed by atoms with Gasteiger partial charge in [-0.25, -0.2) is 0 Å². The summed E-state index contributed by atoms with van der Waals surface area (Å²) in [6.07, 6.45) is 0.219. The van der Waals surface area contributed by atoms with Gasteiger partial charge in [0.25, 0.3) is 0 Å². The third kappa shape index (κ3) is 2.27. The van der Waals surface area contributed by atoms with Gasteiger partial charge in [0, 0.05) is 5.56 Å². The molecule has 0 aliphatic rings. The molecule has 0 fully saturated rings. The van der Waals surface area contributed by atoms with E-state index in [0.717, 1.165) is 22.1 Å². The van der Waals surface area contributed by atoms with Crippen molar-refractivity contribution >= 4 is 10.8 Å². The van der Waals surface area contributed by atoms with Crippen LogP contribution in [-0.2, 0) is 0 Å². The topological polar surface area (TPSA) is 29.5 Å². The molecule has 0 aromatic heterocycles. The molecule has 2 nitrogen and oxygen atoms in total. The molecule has 90 valence electrons. The van der Waals surface area contributed by atoms with Crippen molar-refractivity contribution in [2.45, 2.75) is 26.4 Å². The average molecular weight is 230 g/mol. The zero-order valence-electron chi connectivity index (χ0n) is 10.3. The Bertz CT molecular complexity index is 505. The largest absolute Gasteiger partial charge is 0.493 e. The quantitative estimate of drug-likeness (QED) is 0.868. The number of aliphatic hydroxyl groups excluding tert-OH is 1. The molecule has 0 heterocycles. The summed E-state index contributed by atoms with van der Waals surface area (Å²) in [5.41, 5.74) is 0.910. The van der Waals surface area contributed by atoms with E-state index in [1.807, 2.05) is 44.2 Å². The average Bonchev–Trinajstić information content (AvgIpc) is 2.38. The predicted molar refractivity (Wildman–Crippen MR) is 70.4 cm³/mol. The molecule has 1 unspecified atom stereocenters. The highest BCUT2D eigenvalue weighted by Gasteiger charge is 2.15. The summed E-state index contributed by atoms with van der Waals surface area (Å²) < 4.78 is 5.61. The molecule has 0 radical (unpaired) electrons. The van der Waals surface area contributed by atoms with Crippen molar-refractivity contribution in [3.8, 4) is 5.75 Å². The standard InChI is InChI=1S/C15H18O2/c1-3-13(16)15-12-8-6-5-7-11(12)9-10-14(15)17-4-2/h5-10,13,16H,3-4H2,1-2H3. The minimum absolute atomic E-state index is 0.470. The van der Waals surface area contributed by atoms with E-state index in [-0.39, 0.29) is 0 Å². The second-order valence-electron chi connectivity index (χ2n) is 4.06. The summed E-state index contributed by atoms with van der Waals surface area (Å²) in [5.74, 6) is 0.792. The van der Waals surface area contributed by atoms with E-state index in [0.29, 0.717) is 13.0 Å². The van der Waals surface area contributed by atoms with Gasteiger partial charge in [-0.15, -0.1) is 0 Å². The van der Waals surface area contributed by atoms with Crippen LogP contribution >= 0.6 is 0 Å². The Labute approximate surface area is 102 Å². The number of fused-ring (bicyclic) bond motifs is 1. The van der Waals surface area contributed by atoms with E-state index >= 15 is 0 Å². The van der Waals surface area contributed by atoms with Crippen molar-refractivity contribution in [2.24, 2.45) is 0 Å². The molecule has 2 rings (SSSR count). The van der Waals surface area contributed by atoms with Gasteiger partial charge in [-0.1, -0.05) is 37.3 Å². The second-order valence-corrected chi connectivity index (χ2v) is 4.06. The molecule has 1 N–H and O–H groups in total. The molecule has 0 saturated carbocycles. The number of rotatable bonds is 4. The first-order chi connectivity index (χ1) is 8.27. The van der Waals surface area contributed by atoms with Gasteiger partial charge < -0.3 is 9.84 Å². The van der Waals surface area contributed by atoms with E-state index in [1.165, 1.54) is 0 Å². The van der Waals surface area contributed by atoms with Gasteiger partial charge in [0.2, 0.25) is 0 Å². The first-order valence-corrected chi connectivity index (χ1v) is 6.10. The van der Waals surface area contributed by atoms with E-state index in [4.69, 9.17) is 4.74 Å². The van der Waals surface area contributed by atoms with Gasteiger partial charge in [-0.3, -0.25) is 0 Å². The van der Waals surface area contributed by atoms with Crippen molar-refractivity contribution in [1.82, 2.24) is 0 Å². The van der Waals surface area contributed by atoms with Crippen LogP contribution < -0.4 is 4.74 Å². The lowest BCUT2D eigenvalue weighted by Crippen LogP contribution is -2.02. The molecule has 0 spiro atoms. The Morgan fingerprint density at radius 1 is 1.12 bits per heavy atom. The van der Waals surface area contributed by atoms with E-state index in [2.05, 4.69) is 6.07 Å². The lowest BCUT2D eigenvalue weighted by molar-refractivity contribution is 0.169. The van der Waals surface area contributed by atoms with Crippen LogP contribution in [0.1, 0.15) is 31.9 Å². The van der Waals surface area contributed by atoms with Crippen LogP contribution in [0.4, 0.5) is 0 Å². The van der Waals surface area contributed by atoms with Gasteiger partial charge in [0.1, 0.15) is 5.75 Å². The summed E-state index contributed by atoms with van der Waals surface area (Å²) in [6.45, 7) is 4.54. The first kappa shape index (κ1) is 11.9. The van der Waals surface area contributed by atoms with E-state index < -0.39 is 6.10 Å². The van der Waals surface area contributed by atoms with Crippen LogP contribution in [0.5, 0.6) is 5.75 Å². The molecule has 1 atom stereocenters. The highest BCUT2D eigenvalue weighted by atomic mass is 16.5. The van der Waals surface area contributed by atoms with Crippen LogP contribution in [-0.4, -0.2) is 11.7 Å². The van der Waals surface area contributed by atoms with Crippen molar-refractivity contribution in [3.63, 3.8) is 0 Å². The fourth-order valence-corrected chi connectivity index (χ4v) is 2.10. The van der Waals surface area contributed by atoms with Crippen LogP contribution in [0, 0.1) is 0 Å². The second kappa shape index (κ2) is 5.19. The fourth-order valence-electron chi connectivity index (χ4n) is 2.10. The zero-order chi connectivity index (χ0) is 12.3. The minimum atomic E-state index is -0.470. The number of hydrogen-bond acceptors (Lipinski definition) is 2. The predicted octanol–water partition coefficient (Wildman–Crippen LogP) is 3.68. The zero-order valence-corrected chi connectivity index (χ0v) is 10.3. The Morgan fingerprint density at radius 3 is 2.59 bits per heavy atom. The Hall–Kier alpha value is -1.54. The summed E-state index contributed by atoms with van der Waals surface area (Å²) in [4.78, 5) is 0. The molecule has 0 amide bonds. The highest BCUT2D eigenvalue weighted by Crippen LogP contribution is 2.34. The molecule has 0 aliphatic carbocycles. The summed E-state index contributed by atoms with van der Waals surface area (Å²) in [5, 5.41) is 12.4. The van der Waals surface area contributed by atoms with Crippen LogP contribution in [0.25, 0.3) is 10.8 Å². The number of aliphatic hydroxyl groups is 1. The first-order valence-electron chi connectivity index (χ1n) is 6.10. The molecule has 0 saturated heterocycles.